The molecule has 0 aliphatic carbocycles. The number of nitrogens with zero attached hydrogens (tertiary/aromatic N) is 2. The molecule has 74 valence electrons. The summed E-state index contributed by atoms with van der Waals surface area (Å²) in [6.45, 7) is 4.14. The second kappa shape index (κ2) is 7.44. The molecular formula is C9H18AlClN2. The van der Waals surface area contributed by atoms with Crippen molar-refractivity contribution in [2.45, 2.75) is 26.7 Å². The zero-order valence-electron chi connectivity index (χ0n) is 9.84. The highest BCUT2D eigenvalue weighted by atomic mass is 35.6. The zero-order valence-corrected chi connectivity index (χ0v) is 10.8. The van der Waals surface area contributed by atoms with E-state index in [1.54, 1.807) is 7.05 Å². The van der Waals surface area contributed by atoms with Gasteiger partial charge >= 0.3 is 14.4 Å². The predicted octanol–water partition coefficient (Wildman–Crippen LogP) is 2.20. The first kappa shape index (κ1) is 11.1. The Kier molecular flexibility index (Phi) is 6.36. The van der Waals surface area contributed by atoms with Gasteiger partial charge in [-0.1, -0.05) is 13.8 Å². The number of rotatable bonds is 5. The molecule has 0 aliphatic heterocycles. The molecule has 2 nitrogen and oxygen atoms in total. The maximum Gasteiger partial charge on any atom is 0.519 e. The van der Waals surface area contributed by atoms with Crippen LogP contribution in [0.4, 0.5) is 0 Å². The number of aliphatic imine (C=N–C) groups is 1. The molecule has 0 amide bonds. The van der Waals surface area contributed by atoms with Crippen LogP contribution in [-0.2, 0) is 0 Å². The normalized spacial score (nSPS) is 14.1. The van der Waals surface area contributed by atoms with Gasteiger partial charge in [0.1, 0.15) is 0 Å². The van der Waals surface area contributed by atoms with Crippen molar-refractivity contribution in [3.8, 4) is 0 Å². The lowest BCUT2D eigenvalue weighted by Gasteiger charge is -2.19. The highest BCUT2D eigenvalue weighted by Crippen LogP contribution is 2.07. The Labute approximate surface area is 92.7 Å². The molecule has 0 unspecified atom stereocenters. The first-order chi connectivity index (χ1) is 6.56. The van der Waals surface area contributed by atoms with Gasteiger partial charge in [-0.15, -0.1) is 0 Å². The van der Waals surface area contributed by atoms with Gasteiger partial charge in [0, 0.05) is 12.8 Å². The van der Waals surface area contributed by atoms with Crippen LogP contribution in [-0.4, -0.2) is 39.0 Å². The maximum absolute atomic E-state index is 7.53. The lowest BCUT2D eigenvalue weighted by Crippen LogP contribution is -2.19. The summed E-state index contributed by atoms with van der Waals surface area (Å²) < 4.78 is 9.40. The van der Waals surface area contributed by atoms with Crippen molar-refractivity contribution in [1.29, 1.82) is 0.939 Å². The molecule has 13 heavy (non-hydrogen) atoms. The van der Waals surface area contributed by atoms with E-state index >= 15 is 0 Å². The molecule has 0 saturated carbocycles. The molecule has 0 saturated heterocycles. The zero-order chi connectivity index (χ0) is 11.1. The van der Waals surface area contributed by atoms with E-state index in [-0.39, 0.29) is 0 Å². The van der Waals surface area contributed by atoms with Gasteiger partial charge in [0.25, 0.3) is 0 Å². The monoisotopic (exact) mass is 217 g/mol. The summed E-state index contributed by atoms with van der Waals surface area (Å²) in [4.78, 5) is 4.16. The van der Waals surface area contributed by atoms with Gasteiger partial charge < -0.3 is 3.88 Å². The quantitative estimate of drug-likeness (QED) is 0.509. The Hall–Kier alpha value is 0.0325. The summed E-state index contributed by atoms with van der Waals surface area (Å²) >= 11 is -1.99. The minimum absolute atomic E-state index is 0.893. The Bertz CT molecular complexity index is 229. The van der Waals surface area contributed by atoms with E-state index in [0.717, 1.165) is 24.3 Å². The smallest absolute Gasteiger partial charge is 0.459 e. The topological polar surface area (TPSA) is 15.6 Å². The summed E-state index contributed by atoms with van der Waals surface area (Å²) in [6, 6.07) is 0. The van der Waals surface area contributed by atoms with Crippen molar-refractivity contribution < 1.29 is 0 Å². The van der Waals surface area contributed by atoms with E-state index in [9.17, 15) is 0 Å². The van der Waals surface area contributed by atoms with Crippen LogP contribution in [0, 0.1) is 0 Å². The number of allylic oxidation sites excluding steroid dienone is 2. The maximum atomic E-state index is 7.53. The summed E-state index contributed by atoms with van der Waals surface area (Å²) in [5, 5.41) is 0. The molecule has 0 radical (unpaired) electrons. The Balaban J connectivity index is 4.70. The fourth-order valence-electron chi connectivity index (χ4n) is 1.03. The molecule has 0 fully saturated rings. The van der Waals surface area contributed by atoms with E-state index in [4.69, 9.17) is 11.0 Å². The van der Waals surface area contributed by atoms with E-state index in [1.165, 1.54) is 0 Å². The van der Waals surface area contributed by atoms with Crippen molar-refractivity contribution in [2.75, 3.05) is 14.1 Å². The molecule has 0 rings (SSSR count). The van der Waals surface area contributed by atoms with Gasteiger partial charge in [0.15, 0.2) is 0 Å². The lowest BCUT2D eigenvalue weighted by atomic mass is 10.2. The number of halogens is 1. The Morgan fingerprint density at radius 1 is 1.62 bits per heavy atom. The number of hydrogen-bond acceptors (Lipinski definition) is 2. The van der Waals surface area contributed by atoms with E-state index in [0.29, 0.717) is 0 Å². The SMILES string of the molecule is [2H][Al]([Cl])[N](C)/C(=C\C(CC)=NC)CC. The van der Waals surface area contributed by atoms with Crippen LogP contribution in [0.2, 0.25) is 0 Å². The second-order valence-corrected chi connectivity index (χ2v) is 4.32. The standard InChI is InChI=1S/C9H17N2.Al.ClH.H/c1-5-8(10-3)7-9(6-2)11-4;;;/h7H,5-6H2,1-4H3;;1H;/q-1;+2;;/p-1/b8-7-,11-9?;;;/i;;;1+1. The summed E-state index contributed by atoms with van der Waals surface area (Å²) in [5.41, 5.74) is 2.16. The first-order valence-electron chi connectivity index (χ1n) is 5.09. The van der Waals surface area contributed by atoms with Crippen molar-refractivity contribution in [3.05, 3.63) is 11.8 Å². The average molecular weight is 218 g/mol. The molecule has 0 N–H and O–H groups in total. The minimum Gasteiger partial charge on any atom is -0.459 e. The number of hydrogen-bond donors (Lipinski definition) is 0. The predicted molar refractivity (Wildman–Crippen MR) is 62.8 cm³/mol. The summed E-state index contributed by atoms with van der Waals surface area (Å²) in [7, 11) is 9.50. The van der Waals surface area contributed by atoms with E-state index in [1.807, 2.05) is 17.0 Å². The van der Waals surface area contributed by atoms with Gasteiger partial charge in [0.2, 0.25) is 0 Å². The molecule has 0 aromatic heterocycles. The van der Waals surface area contributed by atoms with Crippen molar-refractivity contribution in [1.82, 2.24) is 3.88 Å². The highest BCUT2D eigenvalue weighted by Gasteiger charge is 2.03. The van der Waals surface area contributed by atoms with Crippen LogP contribution in [0.15, 0.2) is 16.8 Å². The van der Waals surface area contributed by atoms with Crippen LogP contribution in [0.25, 0.3) is 0 Å². The van der Waals surface area contributed by atoms with Gasteiger partial charge in [-0.25, -0.2) is 10.0 Å². The fourth-order valence-corrected chi connectivity index (χ4v) is 1.79. The third kappa shape index (κ3) is 4.71. The van der Waals surface area contributed by atoms with Gasteiger partial charge in [0.05, 0.1) is 0 Å². The molecule has 0 aromatic rings. The van der Waals surface area contributed by atoms with Crippen LogP contribution < -0.4 is 0 Å². The average Bonchev–Trinajstić information content (AvgIpc) is 2.19. The Morgan fingerprint density at radius 2 is 2.23 bits per heavy atom. The molecule has 0 aromatic carbocycles. The van der Waals surface area contributed by atoms with E-state index in [2.05, 4.69) is 18.8 Å². The molecule has 4 heteroatoms. The summed E-state index contributed by atoms with van der Waals surface area (Å²) in [5.74, 6) is 0. The third-order valence-electron chi connectivity index (χ3n) is 1.94. The molecule has 0 spiro atoms. The van der Waals surface area contributed by atoms with Crippen molar-refractivity contribution >= 4 is 30.1 Å². The van der Waals surface area contributed by atoms with Crippen LogP contribution in [0.1, 0.15) is 26.7 Å². The van der Waals surface area contributed by atoms with Crippen molar-refractivity contribution in [2.24, 2.45) is 4.99 Å². The van der Waals surface area contributed by atoms with E-state index < -0.39 is 14.4 Å². The lowest BCUT2D eigenvalue weighted by molar-refractivity contribution is 0.642. The molecule has 0 heterocycles. The second-order valence-electron chi connectivity index (χ2n) is 2.77. The fraction of sp³-hybridized carbons (Fsp3) is 0.667. The molecule has 0 bridgehead atoms. The first-order valence-corrected chi connectivity index (χ1v) is 6.78. The summed E-state index contributed by atoms with van der Waals surface area (Å²) in [6.07, 6.45) is 3.85. The minimum atomic E-state index is -1.99. The van der Waals surface area contributed by atoms with Crippen LogP contribution >= 0.6 is 10.0 Å². The molecule has 0 atom stereocenters. The highest BCUT2D eigenvalue weighted by molar-refractivity contribution is 6.92. The van der Waals surface area contributed by atoms with Crippen LogP contribution in [0.3, 0.4) is 0 Å². The van der Waals surface area contributed by atoms with Gasteiger partial charge in [-0.05, 0) is 32.6 Å². The third-order valence-corrected chi connectivity index (χ3v) is 3.45. The van der Waals surface area contributed by atoms with Gasteiger partial charge in [-0.3, -0.25) is 4.99 Å². The Morgan fingerprint density at radius 3 is 2.54 bits per heavy atom. The van der Waals surface area contributed by atoms with Crippen LogP contribution in [0.5, 0.6) is 0 Å². The van der Waals surface area contributed by atoms with Crippen molar-refractivity contribution in [3.63, 3.8) is 0 Å². The van der Waals surface area contributed by atoms with Gasteiger partial charge in [-0.2, -0.15) is 0 Å². The largest absolute Gasteiger partial charge is 0.519 e. The molecule has 0 aliphatic rings. The molecular weight excluding hydrogens is 199 g/mol.